The van der Waals surface area contributed by atoms with Crippen LogP contribution in [0.15, 0.2) is 0 Å². The van der Waals surface area contributed by atoms with Crippen molar-refractivity contribution in [2.45, 2.75) is 83.6 Å². The van der Waals surface area contributed by atoms with Crippen molar-refractivity contribution in [1.82, 2.24) is 10.0 Å². The Bertz CT molecular complexity index is 332. The molecule has 2 N–H and O–H groups in total. The van der Waals surface area contributed by atoms with Gasteiger partial charge in [0.1, 0.15) is 0 Å². The second-order valence-corrected chi connectivity index (χ2v) is 8.15. The lowest BCUT2D eigenvalue weighted by Crippen LogP contribution is -2.36. The van der Waals surface area contributed by atoms with E-state index in [1.54, 1.807) is 0 Å². The van der Waals surface area contributed by atoms with Gasteiger partial charge in [0.05, 0.1) is 5.75 Å². The monoisotopic (exact) mass is 318 g/mol. The summed E-state index contributed by atoms with van der Waals surface area (Å²) >= 11 is 0. The van der Waals surface area contributed by atoms with Crippen molar-refractivity contribution in [3.63, 3.8) is 0 Å². The Morgan fingerprint density at radius 3 is 1.81 bits per heavy atom. The lowest BCUT2D eigenvalue weighted by Gasteiger charge is -2.19. The highest BCUT2D eigenvalue weighted by Crippen LogP contribution is 2.16. The van der Waals surface area contributed by atoms with E-state index in [0.717, 1.165) is 0 Å². The first-order valence-corrected chi connectivity index (χ1v) is 10.5. The molecule has 1 fully saturated rings. The van der Waals surface area contributed by atoms with Crippen LogP contribution < -0.4 is 10.0 Å². The van der Waals surface area contributed by atoms with Crippen molar-refractivity contribution in [3.05, 3.63) is 0 Å². The van der Waals surface area contributed by atoms with Gasteiger partial charge < -0.3 is 5.32 Å². The van der Waals surface area contributed by atoms with Crippen molar-refractivity contribution in [3.8, 4) is 0 Å². The molecular weight excluding hydrogens is 284 g/mol. The molecule has 1 aliphatic rings. The van der Waals surface area contributed by atoms with E-state index in [0.29, 0.717) is 19.1 Å². The van der Waals surface area contributed by atoms with Crippen LogP contribution in [0.3, 0.4) is 0 Å². The predicted octanol–water partition coefficient (Wildman–Crippen LogP) is 3.19. The van der Waals surface area contributed by atoms with Gasteiger partial charge in [0.15, 0.2) is 0 Å². The van der Waals surface area contributed by atoms with Gasteiger partial charge in [0.25, 0.3) is 0 Å². The van der Waals surface area contributed by atoms with Crippen LogP contribution in [0.5, 0.6) is 0 Å². The summed E-state index contributed by atoms with van der Waals surface area (Å²) in [6.45, 7) is 2.86. The second kappa shape index (κ2) is 11.4. The topological polar surface area (TPSA) is 58.2 Å². The first-order valence-electron chi connectivity index (χ1n) is 8.85. The molecule has 0 aromatic heterocycles. The van der Waals surface area contributed by atoms with Gasteiger partial charge in [0, 0.05) is 19.1 Å². The van der Waals surface area contributed by atoms with Gasteiger partial charge in [0.2, 0.25) is 10.0 Å². The molecule has 0 saturated heterocycles. The molecule has 126 valence electrons. The van der Waals surface area contributed by atoms with Gasteiger partial charge in [-0.15, -0.1) is 0 Å². The number of rotatable bonds is 6. The largest absolute Gasteiger partial charge is 0.313 e. The molecule has 0 spiro atoms. The second-order valence-electron chi connectivity index (χ2n) is 6.23. The van der Waals surface area contributed by atoms with E-state index in [2.05, 4.69) is 10.0 Å². The summed E-state index contributed by atoms with van der Waals surface area (Å²) in [6, 6.07) is 0.501. The van der Waals surface area contributed by atoms with E-state index >= 15 is 0 Å². The molecule has 0 aromatic rings. The van der Waals surface area contributed by atoms with Crippen LogP contribution in [0.2, 0.25) is 0 Å². The Morgan fingerprint density at radius 1 is 0.857 bits per heavy atom. The maximum Gasteiger partial charge on any atom is 0.212 e. The normalized spacial score (nSPS) is 20.6. The summed E-state index contributed by atoms with van der Waals surface area (Å²) in [5.74, 6) is 0.192. The Labute approximate surface area is 131 Å². The lowest BCUT2D eigenvalue weighted by atomic mass is 9.98. The predicted molar refractivity (Wildman–Crippen MR) is 90.0 cm³/mol. The van der Waals surface area contributed by atoms with Crippen molar-refractivity contribution in [2.24, 2.45) is 0 Å². The van der Waals surface area contributed by atoms with Gasteiger partial charge >= 0.3 is 0 Å². The van der Waals surface area contributed by atoms with E-state index in [1.165, 1.54) is 70.6 Å². The van der Waals surface area contributed by atoms with E-state index in [-0.39, 0.29) is 5.75 Å². The summed E-state index contributed by atoms with van der Waals surface area (Å²) in [7, 11) is -3.08. The average molecular weight is 319 g/mol. The maximum atomic E-state index is 11.6. The smallest absolute Gasteiger partial charge is 0.212 e. The number of nitrogens with one attached hydrogen (secondary N) is 2. The summed E-state index contributed by atoms with van der Waals surface area (Å²) in [5, 5.41) is 3.47. The molecule has 0 atom stereocenters. The molecule has 1 saturated carbocycles. The van der Waals surface area contributed by atoms with Crippen LogP contribution in [0, 0.1) is 0 Å². The van der Waals surface area contributed by atoms with Gasteiger partial charge in [-0.3, -0.25) is 0 Å². The highest BCUT2D eigenvalue weighted by molar-refractivity contribution is 7.89. The zero-order valence-electron chi connectivity index (χ0n) is 13.7. The third-order valence-corrected chi connectivity index (χ3v) is 5.74. The third-order valence-electron chi connectivity index (χ3n) is 4.27. The maximum absolute atomic E-state index is 11.6. The molecular formula is C16H34N2O2S. The Morgan fingerprint density at radius 2 is 1.33 bits per heavy atom. The van der Waals surface area contributed by atoms with Gasteiger partial charge in [-0.05, 0) is 12.8 Å². The van der Waals surface area contributed by atoms with Crippen LogP contribution in [-0.4, -0.2) is 33.3 Å². The van der Waals surface area contributed by atoms with Gasteiger partial charge in [-0.2, -0.15) is 0 Å². The molecule has 0 heterocycles. The Balaban J connectivity index is 2.28. The zero-order valence-corrected chi connectivity index (χ0v) is 14.5. The molecule has 1 aliphatic carbocycles. The van der Waals surface area contributed by atoms with Crippen LogP contribution >= 0.6 is 0 Å². The van der Waals surface area contributed by atoms with Crippen molar-refractivity contribution in [1.29, 1.82) is 0 Å². The molecule has 0 unspecified atom stereocenters. The highest BCUT2D eigenvalue weighted by atomic mass is 32.2. The summed E-state index contributed by atoms with van der Waals surface area (Å²) < 4.78 is 25.8. The van der Waals surface area contributed by atoms with Crippen molar-refractivity contribution in [2.75, 3.05) is 18.8 Å². The van der Waals surface area contributed by atoms with Crippen LogP contribution in [-0.2, 0) is 10.0 Å². The third kappa shape index (κ3) is 10.3. The molecule has 0 aliphatic heterocycles. The minimum Gasteiger partial charge on any atom is -0.313 e. The SMILES string of the molecule is CCNS(=O)(=O)CCNC1CCCCCCCCCCC1. The molecule has 0 radical (unpaired) electrons. The minimum absolute atomic E-state index is 0.192. The Hall–Kier alpha value is -0.130. The zero-order chi connectivity index (χ0) is 15.4. The first kappa shape index (κ1) is 18.9. The molecule has 4 nitrogen and oxygen atoms in total. The average Bonchev–Trinajstić information content (AvgIpc) is 2.41. The quantitative estimate of drug-likeness (QED) is 0.791. The van der Waals surface area contributed by atoms with Crippen LogP contribution in [0.25, 0.3) is 0 Å². The molecule has 0 bridgehead atoms. The molecule has 21 heavy (non-hydrogen) atoms. The van der Waals surface area contributed by atoms with Crippen molar-refractivity contribution < 1.29 is 8.42 Å². The molecule has 1 rings (SSSR count). The molecule has 0 aromatic carbocycles. The Kier molecular flexibility index (Phi) is 10.3. The van der Waals surface area contributed by atoms with Crippen molar-refractivity contribution >= 4 is 10.0 Å². The van der Waals surface area contributed by atoms with E-state index in [9.17, 15) is 8.42 Å². The fourth-order valence-corrected chi connectivity index (χ4v) is 4.03. The summed E-state index contributed by atoms with van der Waals surface area (Å²) in [6.07, 6.45) is 14.5. The standard InChI is InChI=1S/C16H34N2O2S/c1-2-18-21(19,20)15-14-17-16-12-10-8-6-4-3-5-7-9-11-13-16/h16-18H,2-15H2,1H3. The number of hydrogen-bond donors (Lipinski definition) is 2. The van der Waals surface area contributed by atoms with Gasteiger partial charge in [-0.1, -0.05) is 64.7 Å². The van der Waals surface area contributed by atoms with E-state index in [1.807, 2.05) is 6.92 Å². The lowest BCUT2D eigenvalue weighted by molar-refractivity contribution is 0.410. The summed E-state index contributed by atoms with van der Waals surface area (Å²) in [5.41, 5.74) is 0. The van der Waals surface area contributed by atoms with Crippen LogP contribution in [0.4, 0.5) is 0 Å². The molecule has 5 heteroatoms. The number of hydrogen-bond acceptors (Lipinski definition) is 3. The molecule has 0 amide bonds. The number of sulfonamides is 1. The fraction of sp³-hybridized carbons (Fsp3) is 1.00. The van der Waals surface area contributed by atoms with E-state index < -0.39 is 10.0 Å². The van der Waals surface area contributed by atoms with E-state index in [4.69, 9.17) is 0 Å². The van der Waals surface area contributed by atoms with Gasteiger partial charge in [-0.25, -0.2) is 13.1 Å². The summed E-state index contributed by atoms with van der Waals surface area (Å²) in [4.78, 5) is 0. The minimum atomic E-state index is -3.08. The highest BCUT2D eigenvalue weighted by Gasteiger charge is 2.12. The van der Waals surface area contributed by atoms with Crippen LogP contribution in [0.1, 0.15) is 77.6 Å². The fourth-order valence-electron chi connectivity index (χ4n) is 3.06. The first-order chi connectivity index (χ1) is 10.1.